The van der Waals surface area contributed by atoms with Crippen LogP contribution in [0, 0.1) is 12.3 Å². The predicted octanol–water partition coefficient (Wildman–Crippen LogP) is 4.60. The van der Waals surface area contributed by atoms with Crippen molar-refractivity contribution in [2.45, 2.75) is 58.5 Å². The predicted molar refractivity (Wildman–Crippen MR) is 126 cm³/mol. The zero-order valence-electron chi connectivity index (χ0n) is 18.5. The highest BCUT2D eigenvalue weighted by Crippen LogP contribution is 2.24. The zero-order valence-corrected chi connectivity index (χ0v) is 18.5. The van der Waals surface area contributed by atoms with Crippen LogP contribution >= 0.6 is 0 Å². The van der Waals surface area contributed by atoms with Gasteiger partial charge in [-0.25, -0.2) is 14.3 Å². The molecule has 1 heterocycles. The van der Waals surface area contributed by atoms with E-state index < -0.39 is 5.97 Å². The van der Waals surface area contributed by atoms with Gasteiger partial charge < -0.3 is 5.11 Å². The minimum absolute atomic E-state index is 0.117. The Bertz CT molecular complexity index is 1150. The molecular formula is C26H29N3O3. The van der Waals surface area contributed by atoms with Crippen molar-refractivity contribution in [2.75, 3.05) is 0 Å². The Labute approximate surface area is 188 Å². The Morgan fingerprint density at radius 3 is 2.53 bits per heavy atom. The second kappa shape index (κ2) is 11.1. The number of aryl methyl sites for hydroxylation is 2. The van der Waals surface area contributed by atoms with Gasteiger partial charge in [-0.1, -0.05) is 68.7 Å². The second-order valence-electron chi connectivity index (χ2n) is 7.82. The summed E-state index contributed by atoms with van der Waals surface area (Å²) < 4.78 is 3.25. The molecule has 0 aliphatic heterocycles. The van der Waals surface area contributed by atoms with Gasteiger partial charge in [-0.3, -0.25) is 4.57 Å². The molecule has 1 N–H and O–H groups in total. The maximum atomic E-state index is 13.0. The lowest BCUT2D eigenvalue weighted by atomic mass is 9.99. The van der Waals surface area contributed by atoms with Crippen molar-refractivity contribution in [3.05, 3.63) is 76.0 Å². The Morgan fingerprint density at radius 2 is 1.84 bits per heavy atom. The molecule has 0 saturated carbocycles. The number of aromatic nitrogens is 3. The second-order valence-corrected chi connectivity index (χ2v) is 7.82. The molecule has 0 aliphatic rings. The third kappa shape index (κ3) is 5.55. The Morgan fingerprint density at radius 1 is 1.09 bits per heavy atom. The van der Waals surface area contributed by atoms with Crippen LogP contribution in [0.1, 0.15) is 60.8 Å². The van der Waals surface area contributed by atoms with Crippen molar-refractivity contribution < 1.29 is 9.90 Å². The fourth-order valence-corrected chi connectivity index (χ4v) is 3.74. The maximum Gasteiger partial charge on any atom is 0.346 e. The van der Waals surface area contributed by atoms with Gasteiger partial charge in [0.05, 0.1) is 12.1 Å². The van der Waals surface area contributed by atoms with Crippen LogP contribution in [0.5, 0.6) is 0 Å². The van der Waals surface area contributed by atoms with Crippen molar-refractivity contribution in [3.63, 3.8) is 0 Å². The number of hydrogen-bond donors (Lipinski definition) is 1. The molecule has 1 aromatic heterocycles. The van der Waals surface area contributed by atoms with E-state index >= 15 is 0 Å². The minimum atomic E-state index is -0.958. The fraction of sp³-hybridized carbons (Fsp3) is 0.346. The smallest absolute Gasteiger partial charge is 0.346 e. The van der Waals surface area contributed by atoms with Gasteiger partial charge in [-0.15, -0.1) is 12.3 Å². The number of carboxylic acid groups (broad SMARTS) is 1. The summed E-state index contributed by atoms with van der Waals surface area (Å²) >= 11 is 0. The Hall–Kier alpha value is -3.59. The summed E-state index contributed by atoms with van der Waals surface area (Å²) in [5.41, 5.74) is 2.57. The zero-order chi connectivity index (χ0) is 22.9. The highest BCUT2D eigenvalue weighted by atomic mass is 16.4. The normalized spacial score (nSPS) is 10.8. The Kier molecular flexibility index (Phi) is 8.04. The average Bonchev–Trinajstić information content (AvgIpc) is 3.10. The lowest BCUT2D eigenvalue weighted by molar-refractivity contribution is 0.0697. The van der Waals surface area contributed by atoms with E-state index in [1.807, 2.05) is 30.3 Å². The molecular weight excluding hydrogens is 402 g/mol. The summed E-state index contributed by atoms with van der Waals surface area (Å²) in [6, 6.07) is 14.5. The van der Waals surface area contributed by atoms with Crippen LogP contribution in [0.4, 0.5) is 0 Å². The van der Waals surface area contributed by atoms with Crippen molar-refractivity contribution in [1.29, 1.82) is 0 Å². The van der Waals surface area contributed by atoms with Crippen LogP contribution in [0.2, 0.25) is 0 Å². The van der Waals surface area contributed by atoms with Crippen LogP contribution in [0.15, 0.2) is 53.3 Å². The SMILES string of the molecule is C#CCCc1nn(CCCCCC)c(=O)n1Cc1ccc(-c2ccccc2C(=O)O)cc1. The number of rotatable bonds is 11. The van der Waals surface area contributed by atoms with Gasteiger partial charge in [0, 0.05) is 19.4 Å². The van der Waals surface area contributed by atoms with Gasteiger partial charge in [-0.05, 0) is 29.2 Å². The number of carboxylic acids is 1. The Balaban J connectivity index is 1.83. The lowest BCUT2D eigenvalue weighted by Crippen LogP contribution is -2.26. The van der Waals surface area contributed by atoms with E-state index in [4.69, 9.17) is 6.42 Å². The molecule has 2 aromatic carbocycles. The topological polar surface area (TPSA) is 77.1 Å². The number of aromatic carboxylic acids is 1. The molecule has 0 spiro atoms. The van der Waals surface area contributed by atoms with E-state index in [1.165, 1.54) is 0 Å². The molecule has 6 heteroatoms. The monoisotopic (exact) mass is 431 g/mol. The highest BCUT2D eigenvalue weighted by molar-refractivity contribution is 5.95. The molecule has 32 heavy (non-hydrogen) atoms. The molecule has 3 rings (SSSR count). The molecule has 0 aliphatic carbocycles. The maximum absolute atomic E-state index is 13.0. The summed E-state index contributed by atoms with van der Waals surface area (Å²) in [5.74, 6) is 2.36. The fourth-order valence-electron chi connectivity index (χ4n) is 3.74. The number of carbonyl (C=O) groups is 1. The molecule has 0 unspecified atom stereocenters. The minimum Gasteiger partial charge on any atom is -0.478 e. The number of nitrogens with zero attached hydrogens (tertiary/aromatic N) is 3. The van der Waals surface area contributed by atoms with Gasteiger partial charge in [0.15, 0.2) is 0 Å². The van der Waals surface area contributed by atoms with E-state index in [-0.39, 0.29) is 11.3 Å². The van der Waals surface area contributed by atoms with Crippen LogP contribution in [0.25, 0.3) is 11.1 Å². The third-order valence-corrected chi connectivity index (χ3v) is 5.48. The first kappa shape index (κ1) is 23.1. The molecule has 0 fully saturated rings. The van der Waals surface area contributed by atoms with Gasteiger partial charge in [-0.2, -0.15) is 5.10 Å². The summed E-state index contributed by atoms with van der Waals surface area (Å²) in [7, 11) is 0. The van der Waals surface area contributed by atoms with E-state index in [2.05, 4.69) is 17.9 Å². The van der Waals surface area contributed by atoms with Crippen molar-refractivity contribution in [1.82, 2.24) is 14.3 Å². The molecule has 0 saturated heterocycles. The van der Waals surface area contributed by atoms with E-state index in [0.29, 0.717) is 37.3 Å². The molecule has 0 amide bonds. The standard InChI is InChI=1S/C26H29N3O3/c1-3-5-7-10-18-29-26(32)28(24(27-29)13-6-4-2)19-20-14-16-21(17-15-20)22-11-8-9-12-23(22)25(30)31/h2,8-9,11-12,14-17H,3,5-7,10,13,18-19H2,1H3,(H,30,31). The summed E-state index contributed by atoms with van der Waals surface area (Å²) in [4.78, 5) is 24.5. The summed E-state index contributed by atoms with van der Waals surface area (Å²) in [5, 5.41) is 14.0. The first-order chi connectivity index (χ1) is 15.5. The first-order valence-electron chi connectivity index (χ1n) is 11.1. The van der Waals surface area contributed by atoms with Crippen molar-refractivity contribution >= 4 is 5.97 Å². The number of unbranched alkanes of at least 4 members (excludes halogenated alkanes) is 3. The van der Waals surface area contributed by atoms with Gasteiger partial charge in [0.1, 0.15) is 5.82 Å². The quantitative estimate of drug-likeness (QED) is 0.355. The van der Waals surface area contributed by atoms with Crippen LogP contribution < -0.4 is 5.69 Å². The number of hydrogen-bond acceptors (Lipinski definition) is 3. The van der Waals surface area contributed by atoms with Crippen LogP contribution in [-0.4, -0.2) is 25.4 Å². The molecule has 0 bridgehead atoms. The van der Waals surface area contributed by atoms with Gasteiger partial charge >= 0.3 is 11.7 Å². The molecule has 166 valence electrons. The van der Waals surface area contributed by atoms with Gasteiger partial charge in [0.25, 0.3) is 0 Å². The molecule has 3 aromatic rings. The van der Waals surface area contributed by atoms with E-state index in [1.54, 1.807) is 27.4 Å². The van der Waals surface area contributed by atoms with Crippen molar-refractivity contribution in [3.8, 4) is 23.5 Å². The van der Waals surface area contributed by atoms with E-state index in [9.17, 15) is 14.7 Å². The van der Waals surface area contributed by atoms with Crippen LogP contribution in [-0.2, 0) is 19.5 Å². The third-order valence-electron chi connectivity index (χ3n) is 5.48. The molecule has 0 atom stereocenters. The summed E-state index contributed by atoms with van der Waals surface area (Å²) in [6.45, 7) is 3.17. The summed E-state index contributed by atoms with van der Waals surface area (Å²) in [6.07, 6.45) is 10.8. The van der Waals surface area contributed by atoms with Crippen molar-refractivity contribution in [2.24, 2.45) is 0 Å². The number of benzene rings is 2. The lowest BCUT2D eigenvalue weighted by Gasteiger charge is -2.09. The average molecular weight is 432 g/mol. The highest BCUT2D eigenvalue weighted by Gasteiger charge is 2.14. The molecule has 6 nitrogen and oxygen atoms in total. The largest absolute Gasteiger partial charge is 0.478 e. The van der Waals surface area contributed by atoms with Gasteiger partial charge in [0.2, 0.25) is 0 Å². The number of terminal acetylenes is 1. The first-order valence-corrected chi connectivity index (χ1v) is 11.1. The van der Waals surface area contributed by atoms with E-state index in [0.717, 1.165) is 36.8 Å². The van der Waals surface area contributed by atoms with Crippen LogP contribution in [0.3, 0.4) is 0 Å². The molecule has 0 radical (unpaired) electrons.